The van der Waals surface area contributed by atoms with Crippen LogP contribution in [0.5, 0.6) is 0 Å². The fourth-order valence-corrected chi connectivity index (χ4v) is 12.9. The van der Waals surface area contributed by atoms with Crippen molar-refractivity contribution in [2.45, 2.75) is 181 Å². The van der Waals surface area contributed by atoms with Crippen molar-refractivity contribution in [3.8, 4) is 0 Å². The molecule has 0 aliphatic carbocycles. The number of likely N-dealkylation sites (N-methyl/N-ethyl adjacent to an activating group) is 1. The number of carbonyl (C=O) groups is 10. The summed E-state index contributed by atoms with van der Waals surface area (Å²) in [5.74, 6) is -5.93. The van der Waals surface area contributed by atoms with E-state index in [-0.39, 0.29) is 82.6 Å². The van der Waals surface area contributed by atoms with Gasteiger partial charge < -0.3 is 106 Å². The minimum absolute atomic E-state index is 0.0258. The quantitative estimate of drug-likeness (QED) is 0.0358. The number of thiazole rings is 1. The summed E-state index contributed by atoms with van der Waals surface area (Å²) in [6.45, 7) is 21.1. The van der Waals surface area contributed by atoms with E-state index in [1.165, 1.54) is 44.1 Å². The highest BCUT2D eigenvalue weighted by atomic mass is 32.1. The van der Waals surface area contributed by atoms with Crippen molar-refractivity contribution in [3.63, 3.8) is 0 Å². The maximum Gasteiger partial charge on any atom is 0.408 e. The van der Waals surface area contributed by atoms with Gasteiger partial charge in [-0.3, -0.25) is 38.4 Å². The van der Waals surface area contributed by atoms with Gasteiger partial charge in [0.1, 0.15) is 41.3 Å². The lowest BCUT2D eigenvalue weighted by Crippen LogP contribution is -2.62. The van der Waals surface area contributed by atoms with Crippen molar-refractivity contribution < 1.29 is 90.6 Å². The topological polar surface area (TPSA) is 421 Å². The van der Waals surface area contributed by atoms with E-state index in [0.717, 1.165) is 10.6 Å². The van der Waals surface area contributed by atoms with Gasteiger partial charge in [-0.05, 0) is 87.0 Å². The van der Waals surface area contributed by atoms with Crippen LogP contribution >= 0.6 is 11.3 Å². The van der Waals surface area contributed by atoms with Crippen molar-refractivity contribution in [2.24, 2.45) is 35.1 Å². The highest BCUT2D eigenvalue weighted by molar-refractivity contribution is 7.09. The Morgan fingerprint density at radius 3 is 1.83 bits per heavy atom. The third kappa shape index (κ3) is 32.7. The number of alkyl carbamates (subject to hydrolysis) is 1. The van der Waals surface area contributed by atoms with Crippen LogP contribution in [-0.4, -0.2) is 248 Å². The van der Waals surface area contributed by atoms with Crippen LogP contribution < -0.4 is 54.0 Å². The highest BCUT2D eigenvalue weighted by Gasteiger charge is 2.44. The Morgan fingerprint density at radius 1 is 0.694 bits per heavy atom. The minimum Gasteiger partial charge on any atom is -0.445 e. The zero-order valence-corrected chi connectivity index (χ0v) is 66.1. The van der Waals surface area contributed by atoms with E-state index < -0.39 is 119 Å². The number of methoxy groups -OCH3 is 2. The summed E-state index contributed by atoms with van der Waals surface area (Å²) in [6, 6.07) is 9.24. The van der Waals surface area contributed by atoms with Crippen molar-refractivity contribution in [1.82, 2.24) is 52.0 Å². The first kappa shape index (κ1) is 92.4. The number of carbonyl (C=O) groups excluding carboxylic acids is 10. The number of anilines is 1. The van der Waals surface area contributed by atoms with Gasteiger partial charge in [0.05, 0.1) is 122 Å². The monoisotopic (exact) mass is 1540 g/mol. The van der Waals surface area contributed by atoms with E-state index in [1.54, 1.807) is 77.2 Å². The minimum atomic E-state index is -1.61. The van der Waals surface area contributed by atoms with Gasteiger partial charge in [-0.2, -0.15) is 0 Å². The number of hydrogen-bond acceptors (Lipinski definition) is 22. The van der Waals surface area contributed by atoms with E-state index in [2.05, 4.69) is 47.5 Å². The fraction of sp³-hybridized carbons (Fsp3) is 0.667. The first-order valence-corrected chi connectivity index (χ1v) is 38.0. The van der Waals surface area contributed by atoms with Crippen molar-refractivity contribution in [2.75, 3.05) is 126 Å². The molecule has 2 aromatic carbocycles. The second-order valence-corrected chi connectivity index (χ2v) is 28.7. The lowest BCUT2D eigenvalue weighted by Gasteiger charge is -2.41. The van der Waals surface area contributed by atoms with Crippen molar-refractivity contribution >= 4 is 76.4 Å². The molecule has 0 unspecified atom stereocenters. The molecule has 2 heterocycles. The van der Waals surface area contributed by atoms with Crippen molar-refractivity contribution in [1.29, 1.82) is 0 Å². The fourth-order valence-electron chi connectivity index (χ4n) is 12.2. The van der Waals surface area contributed by atoms with Crippen LogP contribution in [0.4, 0.5) is 15.3 Å². The Morgan fingerprint density at radius 2 is 1.30 bits per heavy atom. The molecule has 12 N–H and O–H groups in total. The van der Waals surface area contributed by atoms with Gasteiger partial charge in [0.25, 0.3) is 0 Å². The summed E-state index contributed by atoms with van der Waals surface area (Å²) in [6.07, 6.45) is 1.94. The standard InChI is InChI=1S/C75H121N13O19S/c1-14-50(6)64(60(99-12)45-61(90)88-31-19-23-59(88)65(100-13)51(7)66(91)83-57(70-78-30-43-108-70)44-53-20-16-15-17-21-53)87(11)71(95)63(49(4)5)85-72(96)75(9,10)86-74(98)107-46-54-24-26-55(27-25-54)81-67(92)56(22-18-29-79-73(77)97)82-69(94)62(48(2)3)84-68(93)58(80-52(8)89)47-106-42-41-105-40-39-104-38-37-103-36-35-102-34-33-101-32-28-76/h15-17,20-21,24-27,30,43,48-51,56-60,62-65H,14,18-19,22-23,28-29,31-42,44-47,76H2,1-13H3,(H,80,89)(H,81,92)(H,82,94)(H,83,91)(H,84,93)(H,85,96)(H,86,98)(H3,77,79,97)/t50-,51+,56-,57-,58-,59-,60+,62-,63-,64-,65+/m0/s1. The number of nitrogens with one attached hydrogen (secondary N) is 8. The van der Waals surface area contributed by atoms with Gasteiger partial charge in [0.15, 0.2) is 0 Å². The van der Waals surface area contributed by atoms with Gasteiger partial charge in [0.2, 0.25) is 47.3 Å². The molecule has 11 atom stereocenters. The van der Waals surface area contributed by atoms with Crippen LogP contribution in [0.1, 0.15) is 130 Å². The molecule has 1 fully saturated rings. The Labute approximate surface area is 640 Å². The molecule has 108 heavy (non-hydrogen) atoms. The normalized spacial score (nSPS) is 15.8. The second kappa shape index (κ2) is 49.9. The van der Waals surface area contributed by atoms with E-state index in [1.807, 2.05) is 56.5 Å². The van der Waals surface area contributed by atoms with Crippen LogP contribution in [0.25, 0.3) is 0 Å². The van der Waals surface area contributed by atoms with Gasteiger partial charge in [-0.1, -0.05) is 97.4 Å². The smallest absolute Gasteiger partial charge is 0.408 e. The molecule has 1 aliphatic rings. The number of amides is 11. The molecule has 1 aromatic heterocycles. The zero-order valence-electron chi connectivity index (χ0n) is 65.3. The van der Waals surface area contributed by atoms with Gasteiger partial charge in [-0.25, -0.2) is 14.6 Å². The third-order valence-electron chi connectivity index (χ3n) is 18.3. The van der Waals surface area contributed by atoms with Crippen LogP contribution in [0.3, 0.4) is 0 Å². The van der Waals surface area contributed by atoms with Gasteiger partial charge in [0, 0.05) is 65.1 Å². The maximum absolute atomic E-state index is 14.8. The van der Waals surface area contributed by atoms with E-state index in [0.29, 0.717) is 103 Å². The Bertz CT molecular complexity index is 3190. The van der Waals surface area contributed by atoms with Crippen LogP contribution in [-0.2, 0) is 94.0 Å². The SMILES string of the molecule is CC[C@H](C)[C@@H]([C@@H](CC(=O)N1CCC[C@H]1[C@H](OC)[C@@H](C)C(=O)N[C@@H](Cc1ccccc1)c1nccs1)OC)N(C)C(=O)[C@@H](NC(=O)C(C)(C)NC(=O)OCc1ccc(NC(=O)[C@H](CCCNC(N)=O)NC(=O)[C@@H](NC(=O)[C@H](COCCOCCOCCOCCOCCOCCN)NC(C)=O)C(C)C)cc1)C(C)C. The molecule has 3 aromatic rings. The number of urea groups is 1. The summed E-state index contributed by atoms with van der Waals surface area (Å²) in [5.41, 5.74) is 10.9. The summed E-state index contributed by atoms with van der Waals surface area (Å²) in [5, 5.41) is 24.5. The van der Waals surface area contributed by atoms with E-state index in [4.69, 9.17) is 54.1 Å². The molecule has 1 aliphatic heterocycles. The molecule has 11 amide bonds. The highest BCUT2D eigenvalue weighted by Crippen LogP contribution is 2.31. The Hall–Kier alpha value is -7.99. The molecule has 0 spiro atoms. The third-order valence-corrected chi connectivity index (χ3v) is 19.2. The number of hydrogen-bond donors (Lipinski definition) is 10. The average molecular weight is 1540 g/mol. The zero-order chi connectivity index (χ0) is 79.7. The number of benzene rings is 2. The predicted octanol–water partition coefficient (Wildman–Crippen LogP) is 3.88. The summed E-state index contributed by atoms with van der Waals surface area (Å²) >= 11 is 1.46. The molecule has 606 valence electrons. The lowest BCUT2D eigenvalue weighted by molar-refractivity contribution is -0.148. The molecular formula is C75H121N13O19S. The number of nitrogens with two attached hydrogens (primary N) is 2. The lowest BCUT2D eigenvalue weighted by atomic mass is 9.89. The largest absolute Gasteiger partial charge is 0.445 e. The number of ether oxygens (including phenoxy) is 9. The van der Waals surface area contributed by atoms with Gasteiger partial charge >= 0.3 is 12.1 Å². The predicted molar refractivity (Wildman–Crippen MR) is 406 cm³/mol. The number of aromatic nitrogens is 1. The maximum atomic E-state index is 14.8. The molecule has 0 radical (unpaired) electrons. The number of rotatable bonds is 53. The molecular weight excluding hydrogens is 1420 g/mol. The molecule has 32 nitrogen and oxygen atoms in total. The number of primary amides is 1. The van der Waals surface area contributed by atoms with Crippen LogP contribution in [0, 0.1) is 23.7 Å². The first-order chi connectivity index (χ1) is 51.6. The number of nitrogens with zero attached hydrogens (tertiary/aromatic N) is 3. The Kier molecular flexibility index (Phi) is 42.7. The average Bonchev–Trinajstić information content (AvgIpc) is 1.11. The molecule has 4 rings (SSSR count). The molecule has 33 heteroatoms. The van der Waals surface area contributed by atoms with E-state index in [9.17, 15) is 47.9 Å². The summed E-state index contributed by atoms with van der Waals surface area (Å²) in [7, 11) is 4.68. The number of likely N-dealkylation sites (tertiary alicyclic amines) is 1. The Balaban J connectivity index is 1.31. The van der Waals surface area contributed by atoms with Crippen LogP contribution in [0.15, 0.2) is 66.2 Å². The molecule has 0 saturated carbocycles. The van der Waals surface area contributed by atoms with Crippen LogP contribution in [0.2, 0.25) is 0 Å². The summed E-state index contributed by atoms with van der Waals surface area (Å²) < 4.78 is 50.6. The summed E-state index contributed by atoms with van der Waals surface area (Å²) in [4.78, 5) is 144. The van der Waals surface area contributed by atoms with Gasteiger partial charge in [-0.15, -0.1) is 11.3 Å². The first-order valence-electron chi connectivity index (χ1n) is 37.2. The molecule has 1 saturated heterocycles. The molecule has 0 bridgehead atoms. The van der Waals surface area contributed by atoms with Crippen molar-refractivity contribution in [3.05, 3.63) is 82.3 Å². The second-order valence-electron chi connectivity index (χ2n) is 27.8. The van der Waals surface area contributed by atoms with E-state index >= 15 is 0 Å².